The Balaban J connectivity index is 1.65. The average Bonchev–Trinajstić information content (AvgIpc) is 3.01. The second-order valence-corrected chi connectivity index (χ2v) is 7.46. The van der Waals surface area contributed by atoms with E-state index in [1.165, 1.54) is 15.6 Å². The number of hydrogen-bond acceptors (Lipinski definition) is 4. The van der Waals surface area contributed by atoms with Gasteiger partial charge in [-0.3, -0.25) is 4.79 Å². The molecule has 2 aromatic carbocycles. The van der Waals surface area contributed by atoms with Crippen LogP contribution >= 0.6 is 0 Å². The standard InChI is InChI=1S/C23H21F2N5O/c1-13-17-7-5-6-8-19(17)27-21(26-13)12-29(4)23(31)22-14(2)28-30(15(22)3)20-10-9-16(24)11-18(20)25/h5-11H,12H2,1-4H3. The molecular weight excluding hydrogens is 400 g/mol. The van der Waals surface area contributed by atoms with Gasteiger partial charge >= 0.3 is 0 Å². The van der Waals surface area contributed by atoms with Gasteiger partial charge in [0.1, 0.15) is 17.3 Å². The molecule has 8 heteroatoms. The zero-order valence-corrected chi connectivity index (χ0v) is 17.6. The van der Waals surface area contributed by atoms with Crippen LogP contribution in [0, 0.1) is 32.4 Å². The third-order valence-electron chi connectivity index (χ3n) is 5.21. The fourth-order valence-corrected chi connectivity index (χ4v) is 3.68. The van der Waals surface area contributed by atoms with Crippen LogP contribution in [0.4, 0.5) is 8.78 Å². The highest BCUT2D eigenvalue weighted by Crippen LogP contribution is 2.22. The molecule has 6 nitrogen and oxygen atoms in total. The van der Waals surface area contributed by atoms with Gasteiger partial charge < -0.3 is 4.90 Å². The van der Waals surface area contributed by atoms with Crippen LogP contribution in [0.2, 0.25) is 0 Å². The monoisotopic (exact) mass is 421 g/mol. The van der Waals surface area contributed by atoms with Crippen molar-refractivity contribution in [2.24, 2.45) is 0 Å². The molecule has 0 saturated carbocycles. The van der Waals surface area contributed by atoms with E-state index in [0.29, 0.717) is 22.8 Å². The van der Waals surface area contributed by atoms with E-state index < -0.39 is 11.6 Å². The summed E-state index contributed by atoms with van der Waals surface area (Å²) in [4.78, 5) is 23.8. The second-order valence-electron chi connectivity index (χ2n) is 7.46. The van der Waals surface area contributed by atoms with Crippen LogP contribution in [0.1, 0.15) is 33.3 Å². The Labute approximate surface area is 178 Å². The molecule has 2 aromatic heterocycles. The first kappa shape index (κ1) is 20.6. The van der Waals surface area contributed by atoms with E-state index in [0.717, 1.165) is 28.7 Å². The third kappa shape index (κ3) is 3.76. The number of carbonyl (C=O) groups excluding carboxylic acids is 1. The normalized spacial score (nSPS) is 11.2. The van der Waals surface area contributed by atoms with Crippen molar-refractivity contribution in [3.63, 3.8) is 0 Å². The number of para-hydroxylation sites is 1. The number of amides is 1. The summed E-state index contributed by atoms with van der Waals surface area (Å²) >= 11 is 0. The van der Waals surface area contributed by atoms with Crippen LogP contribution in [-0.4, -0.2) is 37.6 Å². The van der Waals surface area contributed by atoms with Gasteiger partial charge in [0.05, 0.1) is 29.0 Å². The molecule has 0 bridgehead atoms. The summed E-state index contributed by atoms with van der Waals surface area (Å²) in [5, 5.41) is 5.28. The Morgan fingerprint density at radius 1 is 1.03 bits per heavy atom. The molecule has 0 atom stereocenters. The first-order valence-corrected chi connectivity index (χ1v) is 9.75. The van der Waals surface area contributed by atoms with E-state index in [1.54, 1.807) is 20.9 Å². The lowest BCUT2D eigenvalue weighted by molar-refractivity contribution is 0.0780. The van der Waals surface area contributed by atoms with E-state index >= 15 is 0 Å². The Hall–Kier alpha value is -3.68. The second kappa shape index (κ2) is 7.86. The fourth-order valence-electron chi connectivity index (χ4n) is 3.68. The average molecular weight is 421 g/mol. The number of rotatable bonds is 4. The van der Waals surface area contributed by atoms with Gasteiger partial charge in [-0.15, -0.1) is 0 Å². The van der Waals surface area contributed by atoms with Gasteiger partial charge in [0.2, 0.25) is 0 Å². The molecule has 0 unspecified atom stereocenters. The Kier molecular flexibility index (Phi) is 5.22. The lowest BCUT2D eigenvalue weighted by Crippen LogP contribution is -2.28. The minimum atomic E-state index is -0.752. The predicted molar refractivity (Wildman–Crippen MR) is 113 cm³/mol. The number of halogens is 2. The highest BCUT2D eigenvalue weighted by molar-refractivity contribution is 5.96. The Morgan fingerprint density at radius 3 is 2.52 bits per heavy atom. The molecular formula is C23H21F2N5O. The van der Waals surface area contributed by atoms with Crippen molar-refractivity contribution in [2.75, 3.05) is 7.05 Å². The summed E-state index contributed by atoms with van der Waals surface area (Å²) in [6.07, 6.45) is 0. The van der Waals surface area contributed by atoms with E-state index in [9.17, 15) is 13.6 Å². The van der Waals surface area contributed by atoms with Crippen molar-refractivity contribution in [1.29, 1.82) is 0 Å². The highest BCUT2D eigenvalue weighted by atomic mass is 19.1. The van der Waals surface area contributed by atoms with Crippen molar-refractivity contribution < 1.29 is 13.6 Å². The van der Waals surface area contributed by atoms with E-state index in [-0.39, 0.29) is 18.1 Å². The molecule has 0 aliphatic heterocycles. The van der Waals surface area contributed by atoms with Crippen molar-refractivity contribution in [3.8, 4) is 5.69 Å². The lowest BCUT2D eigenvalue weighted by Gasteiger charge is -2.17. The number of fused-ring (bicyclic) bond motifs is 1. The molecule has 0 N–H and O–H groups in total. The molecule has 0 fully saturated rings. The molecule has 158 valence electrons. The van der Waals surface area contributed by atoms with Gasteiger partial charge in [-0.05, 0) is 39.0 Å². The molecule has 2 heterocycles. The summed E-state index contributed by atoms with van der Waals surface area (Å²) < 4.78 is 28.9. The van der Waals surface area contributed by atoms with Crippen molar-refractivity contribution in [2.45, 2.75) is 27.3 Å². The minimum Gasteiger partial charge on any atom is -0.334 e. The number of aromatic nitrogens is 4. The predicted octanol–water partition coefficient (Wildman–Crippen LogP) is 4.29. The molecule has 1 amide bonds. The number of hydrogen-bond donors (Lipinski definition) is 0. The smallest absolute Gasteiger partial charge is 0.257 e. The molecule has 0 aliphatic rings. The maximum absolute atomic E-state index is 14.3. The lowest BCUT2D eigenvalue weighted by atomic mass is 10.1. The molecule has 4 rings (SSSR count). The molecule has 31 heavy (non-hydrogen) atoms. The van der Waals surface area contributed by atoms with Gasteiger partial charge in [0.25, 0.3) is 5.91 Å². The third-order valence-corrected chi connectivity index (χ3v) is 5.21. The largest absolute Gasteiger partial charge is 0.334 e. The van der Waals surface area contributed by atoms with Gasteiger partial charge in [-0.1, -0.05) is 18.2 Å². The summed E-state index contributed by atoms with van der Waals surface area (Å²) in [7, 11) is 1.66. The van der Waals surface area contributed by atoms with Crippen LogP contribution < -0.4 is 0 Å². The van der Waals surface area contributed by atoms with Crippen molar-refractivity contribution >= 4 is 16.8 Å². The first-order chi connectivity index (χ1) is 14.8. The van der Waals surface area contributed by atoms with E-state index in [4.69, 9.17) is 0 Å². The molecule has 0 spiro atoms. The van der Waals surface area contributed by atoms with Gasteiger partial charge in [-0.2, -0.15) is 5.10 Å². The van der Waals surface area contributed by atoms with E-state index in [2.05, 4.69) is 15.1 Å². The van der Waals surface area contributed by atoms with Crippen LogP contribution in [0.3, 0.4) is 0 Å². The topological polar surface area (TPSA) is 63.9 Å². The Bertz CT molecular complexity index is 1320. The van der Waals surface area contributed by atoms with Crippen LogP contribution in [0.5, 0.6) is 0 Å². The number of benzene rings is 2. The summed E-state index contributed by atoms with van der Waals surface area (Å²) in [5.41, 5.74) is 3.02. The van der Waals surface area contributed by atoms with Crippen LogP contribution in [0.15, 0.2) is 42.5 Å². The van der Waals surface area contributed by atoms with E-state index in [1.807, 2.05) is 31.2 Å². The molecule has 0 aliphatic carbocycles. The molecule has 0 saturated heterocycles. The zero-order chi connectivity index (χ0) is 22.3. The zero-order valence-electron chi connectivity index (χ0n) is 17.6. The van der Waals surface area contributed by atoms with Gasteiger partial charge in [0, 0.05) is 24.2 Å². The molecule has 0 radical (unpaired) electrons. The summed E-state index contributed by atoms with van der Waals surface area (Å²) in [6.45, 7) is 5.48. The number of carbonyl (C=O) groups is 1. The highest BCUT2D eigenvalue weighted by Gasteiger charge is 2.24. The maximum Gasteiger partial charge on any atom is 0.257 e. The maximum atomic E-state index is 14.3. The van der Waals surface area contributed by atoms with Crippen LogP contribution in [0.25, 0.3) is 16.6 Å². The van der Waals surface area contributed by atoms with Gasteiger partial charge in [-0.25, -0.2) is 23.4 Å². The van der Waals surface area contributed by atoms with Crippen molar-refractivity contribution in [3.05, 3.63) is 82.6 Å². The summed E-state index contributed by atoms with van der Waals surface area (Å²) in [5.74, 6) is -1.18. The first-order valence-electron chi connectivity index (χ1n) is 9.75. The van der Waals surface area contributed by atoms with Crippen LogP contribution in [-0.2, 0) is 6.54 Å². The van der Waals surface area contributed by atoms with Crippen molar-refractivity contribution in [1.82, 2.24) is 24.6 Å². The number of aryl methyl sites for hydroxylation is 2. The minimum absolute atomic E-state index is 0.0807. The van der Waals surface area contributed by atoms with Gasteiger partial charge in [0.15, 0.2) is 5.82 Å². The SMILES string of the molecule is Cc1nn(-c2ccc(F)cc2F)c(C)c1C(=O)N(C)Cc1nc(C)c2ccccc2n1. The Morgan fingerprint density at radius 2 is 1.77 bits per heavy atom. The summed E-state index contributed by atoms with van der Waals surface area (Å²) in [6, 6.07) is 10.9. The fraction of sp³-hybridized carbons (Fsp3) is 0.217. The molecule has 4 aromatic rings. The number of nitrogens with zero attached hydrogens (tertiary/aromatic N) is 5. The quantitative estimate of drug-likeness (QED) is 0.493.